The Morgan fingerprint density at radius 3 is 2.53 bits per heavy atom. The maximum Gasteiger partial charge on any atom is 0.471 e. The van der Waals surface area contributed by atoms with Gasteiger partial charge in [0.1, 0.15) is 10.8 Å². The fourth-order valence-corrected chi connectivity index (χ4v) is 3.21. The molecule has 5 nitrogen and oxygen atoms in total. The topological polar surface area (TPSA) is 62.3 Å². The fourth-order valence-electron chi connectivity index (χ4n) is 2.94. The van der Waals surface area contributed by atoms with Crippen LogP contribution in [0.1, 0.15) is 23.0 Å². The van der Waals surface area contributed by atoms with Gasteiger partial charge in [-0.25, -0.2) is 4.98 Å². The number of benzene rings is 2. The van der Waals surface area contributed by atoms with E-state index in [-0.39, 0.29) is 23.9 Å². The monoisotopic (exact) mass is 435 g/mol. The maximum atomic E-state index is 12.7. The van der Waals surface area contributed by atoms with Crippen molar-refractivity contribution in [3.63, 3.8) is 0 Å². The van der Waals surface area contributed by atoms with Gasteiger partial charge in [-0.3, -0.25) is 9.59 Å². The first kappa shape index (κ1) is 21.6. The lowest BCUT2D eigenvalue weighted by Gasteiger charge is -2.22. The van der Waals surface area contributed by atoms with Crippen LogP contribution < -0.4 is 5.32 Å². The summed E-state index contributed by atoms with van der Waals surface area (Å²) >= 11 is 6.15. The molecule has 1 heterocycles. The van der Waals surface area contributed by atoms with Gasteiger partial charge in [0.15, 0.2) is 0 Å². The summed E-state index contributed by atoms with van der Waals surface area (Å²) in [5, 5.41) is 4.31. The molecule has 9 heteroatoms. The second kappa shape index (κ2) is 8.71. The van der Waals surface area contributed by atoms with Gasteiger partial charge in [0.05, 0.1) is 0 Å². The zero-order valence-electron chi connectivity index (χ0n) is 15.8. The van der Waals surface area contributed by atoms with Crippen LogP contribution in [0, 0.1) is 0 Å². The molecule has 0 atom stereocenters. The van der Waals surface area contributed by atoms with Crippen molar-refractivity contribution in [2.75, 3.05) is 11.9 Å². The number of nitrogens with zero attached hydrogens (tertiary/aromatic N) is 2. The number of hydrogen-bond acceptors (Lipinski definition) is 3. The summed E-state index contributed by atoms with van der Waals surface area (Å²) < 4.78 is 38.1. The highest BCUT2D eigenvalue weighted by Gasteiger charge is 2.41. The van der Waals surface area contributed by atoms with Gasteiger partial charge in [-0.2, -0.15) is 13.2 Å². The van der Waals surface area contributed by atoms with Gasteiger partial charge in [-0.05, 0) is 36.1 Å². The van der Waals surface area contributed by atoms with Crippen molar-refractivity contribution >= 4 is 39.9 Å². The Kier molecular flexibility index (Phi) is 6.26. The average Bonchev–Trinajstić information content (AvgIpc) is 2.71. The van der Waals surface area contributed by atoms with E-state index in [1.807, 2.05) is 12.1 Å². The number of carbonyl (C=O) groups excluding carboxylic acids is 2. The Hall–Kier alpha value is -3.13. The van der Waals surface area contributed by atoms with E-state index < -0.39 is 18.0 Å². The molecule has 0 fully saturated rings. The summed E-state index contributed by atoms with van der Waals surface area (Å²) in [5.41, 5.74) is 0.905. The normalized spacial score (nSPS) is 11.4. The summed E-state index contributed by atoms with van der Waals surface area (Å²) in [6.07, 6.45) is -4.94. The zero-order chi connectivity index (χ0) is 21.9. The van der Waals surface area contributed by atoms with E-state index in [1.54, 1.807) is 36.4 Å². The number of anilines is 1. The summed E-state index contributed by atoms with van der Waals surface area (Å²) in [6.45, 7) is 1.12. The third kappa shape index (κ3) is 4.88. The molecule has 0 aliphatic heterocycles. The van der Waals surface area contributed by atoms with Crippen LogP contribution in [0.3, 0.4) is 0 Å². The number of hydrogen-bond donors (Lipinski definition) is 1. The first-order chi connectivity index (χ1) is 14.2. The molecule has 0 aliphatic carbocycles. The number of aromatic nitrogens is 1. The first-order valence-corrected chi connectivity index (χ1v) is 9.38. The van der Waals surface area contributed by atoms with Gasteiger partial charge in [0.2, 0.25) is 0 Å². The largest absolute Gasteiger partial charge is 0.471 e. The molecular weight excluding hydrogens is 419 g/mol. The van der Waals surface area contributed by atoms with Crippen LogP contribution in [0.25, 0.3) is 10.8 Å². The van der Waals surface area contributed by atoms with E-state index in [0.29, 0.717) is 21.5 Å². The molecule has 30 heavy (non-hydrogen) atoms. The van der Waals surface area contributed by atoms with Crippen molar-refractivity contribution in [3.8, 4) is 0 Å². The lowest BCUT2D eigenvalue weighted by Crippen LogP contribution is -2.40. The number of pyridine rings is 1. The van der Waals surface area contributed by atoms with Crippen molar-refractivity contribution < 1.29 is 22.8 Å². The van der Waals surface area contributed by atoms with Crippen LogP contribution in [0.5, 0.6) is 0 Å². The number of rotatable bonds is 5. The van der Waals surface area contributed by atoms with E-state index >= 15 is 0 Å². The average molecular weight is 436 g/mol. The zero-order valence-corrected chi connectivity index (χ0v) is 16.6. The molecule has 0 saturated heterocycles. The fraction of sp³-hybridized carbons (Fsp3) is 0.190. The third-order valence-corrected chi connectivity index (χ3v) is 4.68. The molecule has 0 saturated carbocycles. The van der Waals surface area contributed by atoms with E-state index in [9.17, 15) is 22.8 Å². The Balaban J connectivity index is 1.78. The number of halogens is 4. The minimum atomic E-state index is -4.94. The molecule has 0 unspecified atom stereocenters. The summed E-state index contributed by atoms with van der Waals surface area (Å²) in [4.78, 5) is 28.9. The molecule has 0 aliphatic rings. The van der Waals surface area contributed by atoms with Crippen molar-refractivity contribution in [3.05, 3.63) is 71.0 Å². The van der Waals surface area contributed by atoms with Crippen LogP contribution in [0.2, 0.25) is 5.15 Å². The third-order valence-electron chi connectivity index (χ3n) is 4.40. The van der Waals surface area contributed by atoms with Crippen molar-refractivity contribution in [1.82, 2.24) is 9.88 Å². The molecule has 3 rings (SSSR count). The number of alkyl halides is 3. The number of amides is 2. The molecular formula is C21H17ClF3N3O2. The second-order valence-electron chi connectivity index (χ2n) is 6.49. The molecule has 0 spiro atoms. The second-order valence-corrected chi connectivity index (χ2v) is 6.85. The van der Waals surface area contributed by atoms with Crippen LogP contribution in [-0.2, 0) is 11.3 Å². The SMILES string of the molecule is CCN(Cc1cccc(NC(=O)c2cc3ccccc3c(Cl)n2)c1)C(=O)C(F)(F)F. The smallest absolute Gasteiger partial charge is 0.331 e. The summed E-state index contributed by atoms with van der Waals surface area (Å²) in [6, 6.07) is 15.1. The van der Waals surface area contributed by atoms with Gasteiger partial charge in [-0.1, -0.05) is 48.0 Å². The van der Waals surface area contributed by atoms with E-state index in [4.69, 9.17) is 11.6 Å². The van der Waals surface area contributed by atoms with Crippen molar-refractivity contribution in [2.24, 2.45) is 0 Å². The Bertz CT molecular complexity index is 1100. The van der Waals surface area contributed by atoms with Gasteiger partial charge in [-0.15, -0.1) is 0 Å². The van der Waals surface area contributed by atoms with Crippen LogP contribution in [0.15, 0.2) is 54.6 Å². The predicted octanol–water partition coefficient (Wildman–Crippen LogP) is 5.05. The van der Waals surface area contributed by atoms with E-state index in [1.165, 1.54) is 13.0 Å². The quantitative estimate of drug-likeness (QED) is 0.570. The molecule has 0 radical (unpaired) electrons. The number of carbonyl (C=O) groups is 2. The minimum absolute atomic E-state index is 0.103. The van der Waals surface area contributed by atoms with Crippen molar-refractivity contribution in [1.29, 1.82) is 0 Å². The summed E-state index contributed by atoms with van der Waals surface area (Å²) in [5.74, 6) is -2.42. The van der Waals surface area contributed by atoms with Crippen LogP contribution in [-0.4, -0.2) is 34.4 Å². The summed E-state index contributed by atoms with van der Waals surface area (Å²) in [7, 11) is 0. The maximum absolute atomic E-state index is 12.7. The molecule has 1 N–H and O–H groups in total. The first-order valence-electron chi connectivity index (χ1n) is 9.00. The highest BCUT2D eigenvalue weighted by Crippen LogP contribution is 2.24. The van der Waals surface area contributed by atoms with E-state index in [2.05, 4.69) is 10.3 Å². The lowest BCUT2D eigenvalue weighted by molar-refractivity contribution is -0.185. The molecule has 1 aromatic heterocycles. The van der Waals surface area contributed by atoms with Gasteiger partial charge in [0.25, 0.3) is 5.91 Å². The van der Waals surface area contributed by atoms with Gasteiger partial charge < -0.3 is 10.2 Å². The molecule has 3 aromatic rings. The van der Waals surface area contributed by atoms with Gasteiger partial charge >= 0.3 is 12.1 Å². The number of nitrogens with one attached hydrogen (secondary N) is 1. The number of fused-ring (bicyclic) bond motifs is 1. The molecule has 156 valence electrons. The molecule has 2 amide bonds. The highest BCUT2D eigenvalue weighted by atomic mass is 35.5. The predicted molar refractivity (Wildman–Crippen MR) is 108 cm³/mol. The standard InChI is InChI=1S/C21H17ClF3N3O2/c1-2-28(20(30)21(23,24)25)12-13-6-5-8-15(10-13)26-19(29)17-11-14-7-3-4-9-16(14)18(22)27-17/h3-11H,2,12H2,1H3,(H,26,29). The Labute approximate surface area is 175 Å². The molecule has 0 bridgehead atoms. The highest BCUT2D eigenvalue weighted by molar-refractivity contribution is 6.34. The lowest BCUT2D eigenvalue weighted by atomic mass is 10.1. The Morgan fingerprint density at radius 2 is 1.83 bits per heavy atom. The van der Waals surface area contributed by atoms with Crippen molar-refractivity contribution in [2.45, 2.75) is 19.6 Å². The van der Waals surface area contributed by atoms with E-state index in [0.717, 1.165) is 5.39 Å². The minimum Gasteiger partial charge on any atom is -0.331 e. The van der Waals surface area contributed by atoms with Crippen LogP contribution in [0.4, 0.5) is 18.9 Å². The Morgan fingerprint density at radius 1 is 1.10 bits per heavy atom. The molecule has 2 aromatic carbocycles. The van der Waals surface area contributed by atoms with Crippen LogP contribution >= 0.6 is 11.6 Å². The van der Waals surface area contributed by atoms with Gasteiger partial charge in [0, 0.05) is 24.2 Å².